The number of nitrogens with zero attached hydrogens (tertiary/aromatic N) is 1. The second-order valence-corrected chi connectivity index (χ2v) is 10.00. The van der Waals surface area contributed by atoms with Crippen LogP contribution in [0.4, 0.5) is 5.69 Å². The second-order valence-electron chi connectivity index (χ2n) is 10.00. The number of hydrogen-bond acceptors (Lipinski definition) is 6. The first-order valence-electron chi connectivity index (χ1n) is 13.1. The second kappa shape index (κ2) is 9.34. The van der Waals surface area contributed by atoms with E-state index in [2.05, 4.69) is 5.32 Å². The van der Waals surface area contributed by atoms with E-state index in [1.807, 2.05) is 72.8 Å². The van der Waals surface area contributed by atoms with Crippen molar-refractivity contribution in [1.82, 2.24) is 5.32 Å². The van der Waals surface area contributed by atoms with Gasteiger partial charge in [0.1, 0.15) is 23.5 Å². The molecule has 0 aliphatic carbocycles. The Kier molecular flexibility index (Phi) is 5.62. The van der Waals surface area contributed by atoms with Crippen molar-refractivity contribution >= 4 is 17.5 Å². The van der Waals surface area contributed by atoms with Crippen molar-refractivity contribution in [2.75, 3.05) is 25.4 Å². The largest absolute Gasteiger partial charge is 0.496 e. The van der Waals surface area contributed by atoms with E-state index >= 15 is 0 Å². The topological polar surface area (TPSA) is 86.3 Å². The molecule has 1 spiro atoms. The Morgan fingerprint density at radius 1 is 0.900 bits per heavy atom. The Hall–Kier alpha value is -4.98. The summed E-state index contributed by atoms with van der Waals surface area (Å²) in [5.74, 6) is 2.30. The van der Waals surface area contributed by atoms with Crippen molar-refractivity contribution in [3.8, 4) is 23.0 Å². The van der Waals surface area contributed by atoms with Crippen molar-refractivity contribution in [2.45, 2.75) is 18.5 Å². The fourth-order valence-corrected chi connectivity index (χ4v) is 5.84. The van der Waals surface area contributed by atoms with E-state index < -0.39 is 5.41 Å². The Bertz CT molecular complexity index is 1670. The van der Waals surface area contributed by atoms with E-state index in [-0.39, 0.29) is 25.2 Å². The molecule has 3 aliphatic rings. The molecule has 0 bridgehead atoms. The number of benzene rings is 4. The summed E-state index contributed by atoms with van der Waals surface area (Å²) >= 11 is 0. The number of carbonyl (C=O) groups excluding carboxylic acids is 2. The zero-order chi connectivity index (χ0) is 27.3. The van der Waals surface area contributed by atoms with E-state index in [0.717, 1.165) is 33.7 Å². The smallest absolute Gasteiger partial charge is 0.251 e. The predicted molar refractivity (Wildman–Crippen MR) is 147 cm³/mol. The molecule has 8 heteroatoms. The highest BCUT2D eigenvalue weighted by Crippen LogP contribution is 2.55. The number of para-hydroxylation sites is 2. The number of nitrogens with one attached hydrogen (secondary N) is 1. The Morgan fingerprint density at radius 3 is 2.58 bits per heavy atom. The molecule has 0 fully saturated rings. The number of amides is 2. The van der Waals surface area contributed by atoms with Gasteiger partial charge in [0.15, 0.2) is 11.5 Å². The third-order valence-electron chi connectivity index (χ3n) is 7.81. The first kappa shape index (κ1) is 24.1. The summed E-state index contributed by atoms with van der Waals surface area (Å²) in [5, 5.41) is 2.97. The highest BCUT2D eigenvalue weighted by molar-refractivity contribution is 6.11. The molecule has 1 unspecified atom stereocenters. The molecule has 0 radical (unpaired) electrons. The maximum Gasteiger partial charge on any atom is 0.251 e. The number of carbonyl (C=O) groups is 2. The minimum absolute atomic E-state index is 0.0719. The lowest BCUT2D eigenvalue weighted by molar-refractivity contribution is -0.122. The first-order chi connectivity index (χ1) is 19.6. The van der Waals surface area contributed by atoms with E-state index in [0.29, 0.717) is 35.9 Å². The van der Waals surface area contributed by atoms with Crippen molar-refractivity contribution < 1.29 is 28.5 Å². The van der Waals surface area contributed by atoms with Gasteiger partial charge < -0.3 is 29.2 Å². The van der Waals surface area contributed by atoms with Crippen LogP contribution in [0.15, 0.2) is 84.9 Å². The number of fused-ring (bicyclic) bond motifs is 5. The average Bonchev–Trinajstić information content (AvgIpc) is 3.67. The zero-order valence-electron chi connectivity index (χ0n) is 21.8. The van der Waals surface area contributed by atoms with Gasteiger partial charge in [-0.15, -0.1) is 0 Å². The average molecular weight is 535 g/mol. The van der Waals surface area contributed by atoms with Gasteiger partial charge in [-0.25, -0.2) is 0 Å². The highest BCUT2D eigenvalue weighted by atomic mass is 16.7. The van der Waals surface area contributed by atoms with E-state index in [1.54, 1.807) is 24.1 Å². The lowest BCUT2D eigenvalue weighted by Crippen LogP contribution is -2.42. The maximum absolute atomic E-state index is 14.3. The number of methoxy groups -OCH3 is 1. The van der Waals surface area contributed by atoms with Crippen molar-refractivity contribution in [1.29, 1.82) is 0 Å². The minimum atomic E-state index is -0.976. The van der Waals surface area contributed by atoms with Gasteiger partial charge in [-0.3, -0.25) is 9.59 Å². The van der Waals surface area contributed by atoms with Crippen LogP contribution >= 0.6 is 0 Å². The van der Waals surface area contributed by atoms with Crippen LogP contribution in [-0.4, -0.2) is 32.3 Å². The first-order valence-corrected chi connectivity index (χ1v) is 13.1. The molecule has 1 N–H and O–H groups in total. The van der Waals surface area contributed by atoms with Crippen LogP contribution in [0.25, 0.3) is 0 Å². The van der Waals surface area contributed by atoms with Crippen LogP contribution in [0, 0.1) is 0 Å². The van der Waals surface area contributed by atoms with Crippen LogP contribution in [0.1, 0.15) is 32.6 Å². The lowest BCUT2D eigenvalue weighted by Gasteiger charge is -2.23. The molecule has 0 aromatic heterocycles. The van der Waals surface area contributed by atoms with Crippen LogP contribution in [0.2, 0.25) is 0 Å². The molecule has 8 nitrogen and oxygen atoms in total. The quantitative estimate of drug-likeness (QED) is 0.390. The van der Waals surface area contributed by atoms with Crippen LogP contribution in [0.5, 0.6) is 23.0 Å². The summed E-state index contributed by atoms with van der Waals surface area (Å²) in [5.41, 5.74) is 3.77. The fraction of sp³-hybridized carbons (Fsp3) is 0.188. The van der Waals surface area contributed by atoms with Gasteiger partial charge in [0.05, 0.1) is 13.7 Å². The standard InChI is InChI=1S/C32H26N2O6/c1-37-26-12-5-2-8-22(26)16-33-30(35)21-9-6-7-20(13-21)17-34-25-11-4-3-10-23(25)32(31(34)36)18-38-27-15-29-28(14-24(27)32)39-19-40-29/h2-15H,16-19H2,1H3,(H,33,35). The molecule has 200 valence electrons. The summed E-state index contributed by atoms with van der Waals surface area (Å²) in [7, 11) is 1.61. The third kappa shape index (κ3) is 3.67. The molecule has 3 aliphatic heterocycles. The third-order valence-corrected chi connectivity index (χ3v) is 7.81. The summed E-state index contributed by atoms with van der Waals surface area (Å²) in [4.78, 5) is 29.1. The van der Waals surface area contributed by atoms with E-state index in [1.165, 1.54) is 0 Å². The molecule has 7 rings (SSSR count). The SMILES string of the molecule is COc1ccccc1CNC(=O)c1cccc(CN2C(=O)C3(COc4cc5c(cc43)OCO5)c3ccccc32)c1. The van der Waals surface area contributed by atoms with Gasteiger partial charge in [0.25, 0.3) is 5.91 Å². The summed E-state index contributed by atoms with van der Waals surface area (Å²) in [6, 6.07) is 26.4. The molecule has 3 heterocycles. The molecule has 40 heavy (non-hydrogen) atoms. The van der Waals surface area contributed by atoms with Gasteiger partial charge >= 0.3 is 0 Å². The Balaban J connectivity index is 1.16. The predicted octanol–water partition coefficient (Wildman–Crippen LogP) is 4.58. The van der Waals surface area contributed by atoms with Gasteiger partial charge in [-0.2, -0.15) is 0 Å². The molecule has 2 amide bonds. The molecule has 0 saturated heterocycles. The number of ether oxygens (including phenoxy) is 4. The molecule has 4 aromatic carbocycles. The van der Waals surface area contributed by atoms with Gasteiger partial charge in [0.2, 0.25) is 12.7 Å². The van der Waals surface area contributed by atoms with Crippen molar-refractivity contribution in [3.05, 3.63) is 113 Å². The van der Waals surface area contributed by atoms with Gasteiger partial charge in [0, 0.05) is 35.0 Å². The molecule has 0 saturated carbocycles. The van der Waals surface area contributed by atoms with Crippen LogP contribution in [0.3, 0.4) is 0 Å². The monoisotopic (exact) mass is 534 g/mol. The normalized spacial score (nSPS) is 17.9. The van der Waals surface area contributed by atoms with E-state index in [9.17, 15) is 9.59 Å². The minimum Gasteiger partial charge on any atom is -0.496 e. The zero-order valence-corrected chi connectivity index (χ0v) is 21.8. The Labute approximate surface area is 231 Å². The summed E-state index contributed by atoms with van der Waals surface area (Å²) in [6.45, 7) is 0.990. The van der Waals surface area contributed by atoms with Crippen LogP contribution in [-0.2, 0) is 23.3 Å². The molecular formula is C32H26N2O6. The Morgan fingerprint density at radius 2 is 1.70 bits per heavy atom. The van der Waals surface area contributed by atoms with Crippen molar-refractivity contribution in [2.24, 2.45) is 0 Å². The summed E-state index contributed by atoms with van der Waals surface area (Å²) in [6.07, 6.45) is 0. The number of hydrogen-bond donors (Lipinski definition) is 1. The molecule has 1 atom stereocenters. The van der Waals surface area contributed by atoms with Gasteiger partial charge in [-0.1, -0.05) is 48.5 Å². The number of rotatable bonds is 6. The number of anilines is 1. The summed E-state index contributed by atoms with van der Waals surface area (Å²) < 4.78 is 22.6. The molecule has 4 aromatic rings. The molecular weight excluding hydrogens is 508 g/mol. The van der Waals surface area contributed by atoms with Gasteiger partial charge in [-0.05, 0) is 41.5 Å². The van der Waals surface area contributed by atoms with Crippen molar-refractivity contribution in [3.63, 3.8) is 0 Å². The fourth-order valence-electron chi connectivity index (χ4n) is 5.84. The highest BCUT2D eigenvalue weighted by Gasteiger charge is 2.57. The van der Waals surface area contributed by atoms with Crippen LogP contribution < -0.4 is 29.2 Å². The lowest BCUT2D eigenvalue weighted by atomic mass is 9.77. The van der Waals surface area contributed by atoms with E-state index in [4.69, 9.17) is 18.9 Å². The maximum atomic E-state index is 14.3.